The number of rotatable bonds is 2. The smallest absolute Gasteiger partial charge is 0.337 e. The average Bonchev–Trinajstić information content (AvgIpc) is 2.26. The van der Waals surface area contributed by atoms with Crippen LogP contribution in [0, 0.1) is 6.57 Å². The molecule has 0 atom stereocenters. The van der Waals surface area contributed by atoms with Crippen molar-refractivity contribution in [1.29, 1.82) is 0 Å². The monoisotopic (exact) mass is 265 g/mol. The van der Waals surface area contributed by atoms with E-state index in [2.05, 4.69) is 32.1 Å². The van der Waals surface area contributed by atoms with Crippen molar-refractivity contribution in [3.63, 3.8) is 0 Å². The van der Waals surface area contributed by atoms with Crippen molar-refractivity contribution in [3.8, 4) is 0 Å². The van der Waals surface area contributed by atoms with E-state index in [1.807, 2.05) is 0 Å². The Morgan fingerprint density at radius 2 is 2.20 bits per heavy atom. The van der Waals surface area contributed by atoms with Gasteiger partial charge in [0.25, 0.3) is 0 Å². The van der Waals surface area contributed by atoms with Crippen LogP contribution in [0.15, 0.2) is 29.3 Å². The van der Waals surface area contributed by atoms with E-state index < -0.39 is 5.97 Å². The molecule has 1 rings (SSSR count). The number of benzene rings is 1. The van der Waals surface area contributed by atoms with Crippen LogP contribution >= 0.6 is 15.9 Å². The van der Waals surface area contributed by atoms with E-state index in [0.717, 1.165) is 4.47 Å². The lowest BCUT2D eigenvalue weighted by atomic mass is 10.1. The number of carbonyl (C=O) groups is 1. The summed E-state index contributed by atoms with van der Waals surface area (Å²) in [5, 5.41) is 0. The summed E-state index contributed by atoms with van der Waals surface area (Å²) in [6.45, 7) is 10.4. The third kappa shape index (κ3) is 2.45. The molecule has 0 spiro atoms. The van der Waals surface area contributed by atoms with Crippen LogP contribution in [0.4, 0.5) is 0 Å². The fraction of sp³-hybridized carbons (Fsp3) is 0.0909. The van der Waals surface area contributed by atoms with Crippen molar-refractivity contribution in [2.75, 3.05) is 7.11 Å². The lowest BCUT2D eigenvalue weighted by Crippen LogP contribution is -2.04. The second kappa shape index (κ2) is 4.76. The minimum absolute atomic E-state index is 0.219. The van der Waals surface area contributed by atoms with Crippen LogP contribution < -0.4 is 0 Å². The lowest BCUT2D eigenvalue weighted by Gasteiger charge is -2.06. The number of hydrogen-bond donors (Lipinski definition) is 0. The highest BCUT2D eigenvalue weighted by Crippen LogP contribution is 2.24. The van der Waals surface area contributed by atoms with Gasteiger partial charge in [0, 0.05) is 4.47 Å². The zero-order chi connectivity index (χ0) is 11.4. The molecule has 0 aliphatic heterocycles. The normalized spacial score (nSPS) is 9.13. The summed E-state index contributed by atoms with van der Waals surface area (Å²) >= 11 is 3.27. The summed E-state index contributed by atoms with van der Waals surface area (Å²) in [6, 6.07) is 4.99. The third-order valence-electron chi connectivity index (χ3n) is 1.83. The molecule has 0 amide bonds. The van der Waals surface area contributed by atoms with E-state index in [0.29, 0.717) is 11.1 Å². The molecule has 0 saturated heterocycles. The van der Waals surface area contributed by atoms with E-state index >= 15 is 0 Å². The van der Waals surface area contributed by atoms with Gasteiger partial charge in [-0.15, -0.1) is 0 Å². The number of halogens is 1. The van der Waals surface area contributed by atoms with Crippen molar-refractivity contribution < 1.29 is 9.53 Å². The van der Waals surface area contributed by atoms with Crippen LogP contribution in [0.25, 0.3) is 10.5 Å². The van der Waals surface area contributed by atoms with E-state index in [4.69, 9.17) is 6.57 Å². The number of methoxy groups -OCH3 is 1. The highest BCUT2D eigenvalue weighted by molar-refractivity contribution is 9.10. The van der Waals surface area contributed by atoms with Crippen molar-refractivity contribution in [3.05, 3.63) is 51.8 Å². The number of esters is 1. The van der Waals surface area contributed by atoms with E-state index in [1.165, 1.54) is 7.11 Å². The van der Waals surface area contributed by atoms with Gasteiger partial charge < -0.3 is 4.74 Å². The molecule has 0 saturated carbocycles. The molecule has 0 heterocycles. The Bertz CT molecular complexity index is 460. The lowest BCUT2D eigenvalue weighted by molar-refractivity contribution is 0.0600. The number of carbonyl (C=O) groups excluding carboxylic acids is 1. The molecule has 0 radical (unpaired) electrons. The molecule has 1 aromatic rings. The Labute approximate surface area is 96.3 Å². The summed E-state index contributed by atoms with van der Waals surface area (Å²) in [4.78, 5) is 14.6. The Kier molecular flexibility index (Phi) is 3.64. The molecule has 76 valence electrons. The summed E-state index contributed by atoms with van der Waals surface area (Å²) in [5.74, 6) is -0.470. The SMILES string of the molecule is [C-]#[N+]C(=C)c1cc(Br)ccc1C(=O)OC. The molecule has 0 N–H and O–H groups in total. The maximum absolute atomic E-state index is 11.4. The number of hydrogen-bond acceptors (Lipinski definition) is 2. The molecule has 3 nitrogen and oxygen atoms in total. The fourth-order valence-electron chi connectivity index (χ4n) is 1.10. The molecule has 0 unspecified atom stereocenters. The van der Waals surface area contributed by atoms with Gasteiger partial charge >= 0.3 is 5.97 Å². The number of ether oxygens (including phenoxy) is 1. The Morgan fingerprint density at radius 3 is 2.73 bits per heavy atom. The van der Waals surface area contributed by atoms with Gasteiger partial charge in [0.1, 0.15) is 0 Å². The first-order chi connectivity index (χ1) is 7.10. The van der Waals surface area contributed by atoms with Gasteiger partial charge in [-0.3, -0.25) is 0 Å². The van der Waals surface area contributed by atoms with Gasteiger partial charge in [-0.2, -0.15) is 0 Å². The first-order valence-electron chi connectivity index (χ1n) is 4.04. The summed E-state index contributed by atoms with van der Waals surface area (Å²) in [5.41, 5.74) is 1.06. The molecule has 1 aromatic carbocycles. The van der Waals surface area contributed by atoms with Gasteiger partial charge in [-0.05, 0) is 17.7 Å². The Morgan fingerprint density at radius 1 is 1.53 bits per heavy atom. The van der Waals surface area contributed by atoms with Crippen molar-refractivity contribution in [1.82, 2.24) is 0 Å². The summed E-state index contributed by atoms with van der Waals surface area (Å²) in [6.07, 6.45) is 0. The topological polar surface area (TPSA) is 30.7 Å². The van der Waals surface area contributed by atoms with Crippen molar-refractivity contribution >= 4 is 27.6 Å². The molecule has 15 heavy (non-hydrogen) atoms. The Hall–Kier alpha value is -1.60. The van der Waals surface area contributed by atoms with Gasteiger partial charge in [-0.1, -0.05) is 28.6 Å². The molecule has 0 aromatic heterocycles. The number of nitrogens with zero attached hydrogens (tertiary/aromatic N) is 1. The zero-order valence-corrected chi connectivity index (χ0v) is 9.67. The summed E-state index contributed by atoms with van der Waals surface area (Å²) < 4.78 is 5.40. The first-order valence-corrected chi connectivity index (χ1v) is 4.84. The zero-order valence-electron chi connectivity index (χ0n) is 8.08. The van der Waals surface area contributed by atoms with Crippen LogP contribution in [-0.2, 0) is 4.74 Å². The van der Waals surface area contributed by atoms with E-state index in [9.17, 15) is 4.79 Å². The maximum Gasteiger partial charge on any atom is 0.337 e. The average molecular weight is 266 g/mol. The minimum atomic E-state index is -0.470. The van der Waals surface area contributed by atoms with Gasteiger partial charge in [0.05, 0.1) is 19.2 Å². The van der Waals surface area contributed by atoms with Crippen molar-refractivity contribution in [2.24, 2.45) is 0 Å². The molecule has 0 aliphatic carbocycles. The van der Waals surface area contributed by atoms with Gasteiger partial charge in [0.2, 0.25) is 0 Å². The van der Waals surface area contributed by atoms with Crippen molar-refractivity contribution in [2.45, 2.75) is 0 Å². The largest absolute Gasteiger partial charge is 0.465 e. The minimum Gasteiger partial charge on any atom is -0.465 e. The van der Waals surface area contributed by atoms with Crippen LogP contribution in [0.5, 0.6) is 0 Å². The van der Waals surface area contributed by atoms with Crippen LogP contribution in [0.2, 0.25) is 0 Å². The quantitative estimate of drug-likeness (QED) is 0.608. The third-order valence-corrected chi connectivity index (χ3v) is 2.33. The van der Waals surface area contributed by atoms with Crippen LogP contribution in [0.3, 0.4) is 0 Å². The van der Waals surface area contributed by atoms with Crippen LogP contribution in [0.1, 0.15) is 15.9 Å². The molecule has 0 fully saturated rings. The predicted molar refractivity (Wildman–Crippen MR) is 61.1 cm³/mol. The van der Waals surface area contributed by atoms with Gasteiger partial charge in [-0.25, -0.2) is 9.64 Å². The summed E-state index contributed by atoms with van der Waals surface area (Å²) in [7, 11) is 1.30. The second-order valence-corrected chi connectivity index (χ2v) is 3.66. The highest BCUT2D eigenvalue weighted by atomic mass is 79.9. The molecule has 4 heteroatoms. The predicted octanol–water partition coefficient (Wildman–Crippen LogP) is 3.13. The molecule has 0 bridgehead atoms. The maximum atomic E-state index is 11.4. The fourth-order valence-corrected chi connectivity index (χ4v) is 1.46. The highest BCUT2D eigenvalue weighted by Gasteiger charge is 2.13. The standard InChI is InChI=1S/C11H8BrNO2/c1-7(13-2)10-6-8(12)4-5-9(10)11(14)15-3/h4-6H,1H2,3H3. The Balaban J connectivity index is 3.34. The first kappa shape index (κ1) is 11.5. The molecule has 0 aliphatic rings. The van der Waals surface area contributed by atoms with E-state index in [-0.39, 0.29) is 5.70 Å². The molecular weight excluding hydrogens is 258 g/mol. The van der Waals surface area contributed by atoms with Gasteiger partial charge in [0.15, 0.2) is 5.70 Å². The molecular formula is C11H8BrNO2. The van der Waals surface area contributed by atoms with E-state index in [1.54, 1.807) is 18.2 Å². The van der Waals surface area contributed by atoms with Crippen LogP contribution in [-0.4, -0.2) is 13.1 Å². The second-order valence-electron chi connectivity index (χ2n) is 2.74.